The number of aldehydes is 2. The SMILES string of the molecule is CCC(CO)(CO)CO.COc1cc(C=O)cc(C=O)c1. The Morgan fingerprint density at radius 1 is 1.00 bits per heavy atom. The van der Waals surface area contributed by atoms with Crippen molar-refractivity contribution in [1.29, 1.82) is 0 Å². The molecule has 0 spiro atoms. The molecule has 0 radical (unpaired) electrons. The minimum Gasteiger partial charge on any atom is -0.497 e. The van der Waals surface area contributed by atoms with Gasteiger partial charge in [0, 0.05) is 16.5 Å². The minimum atomic E-state index is -0.667. The molecule has 0 aliphatic rings. The van der Waals surface area contributed by atoms with Gasteiger partial charge in [-0.2, -0.15) is 0 Å². The van der Waals surface area contributed by atoms with Crippen LogP contribution in [0.3, 0.4) is 0 Å². The summed E-state index contributed by atoms with van der Waals surface area (Å²) in [5, 5.41) is 26.0. The van der Waals surface area contributed by atoms with Gasteiger partial charge >= 0.3 is 0 Å². The Balaban J connectivity index is 0.000000400. The Kier molecular flexibility index (Phi) is 9.20. The van der Waals surface area contributed by atoms with Gasteiger partial charge in [0.25, 0.3) is 0 Å². The van der Waals surface area contributed by atoms with Crippen LogP contribution in [0.5, 0.6) is 5.75 Å². The monoisotopic (exact) mass is 298 g/mol. The van der Waals surface area contributed by atoms with E-state index in [9.17, 15) is 9.59 Å². The normalized spacial score (nSPS) is 10.3. The average molecular weight is 298 g/mol. The summed E-state index contributed by atoms with van der Waals surface area (Å²) in [4.78, 5) is 20.7. The maximum atomic E-state index is 10.4. The van der Waals surface area contributed by atoms with Crippen LogP contribution in [0.4, 0.5) is 0 Å². The van der Waals surface area contributed by atoms with E-state index in [-0.39, 0.29) is 19.8 Å². The first-order chi connectivity index (χ1) is 10.0. The van der Waals surface area contributed by atoms with Crippen molar-refractivity contribution in [3.05, 3.63) is 29.3 Å². The number of benzene rings is 1. The molecular formula is C15H22O6. The summed E-state index contributed by atoms with van der Waals surface area (Å²) in [6.45, 7) is 1.35. The van der Waals surface area contributed by atoms with Gasteiger partial charge in [-0.3, -0.25) is 9.59 Å². The fourth-order valence-electron chi connectivity index (χ4n) is 1.39. The van der Waals surface area contributed by atoms with Crippen molar-refractivity contribution >= 4 is 12.6 Å². The van der Waals surface area contributed by atoms with Crippen LogP contribution in [0, 0.1) is 5.41 Å². The van der Waals surface area contributed by atoms with Crippen LogP contribution in [-0.2, 0) is 0 Å². The van der Waals surface area contributed by atoms with E-state index in [1.807, 2.05) is 6.92 Å². The smallest absolute Gasteiger partial charge is 0.150 e. The van der Waals surface area contributed by atoms with Gasteiger partial charge in [-0.15, -0.1) is 0 Å². The van der Waals surface area contributed by atoms with Crippen LogP contribution in [0.15, 0.2) is 18.2 Å². The van der Waals surface area contributed by atoms with Crippen LogP contribution >= 0.6 is 0 Å². The summed E-state index contributed by atoms with van der Waals surface area (Å²) in [6.07, 6.45) is 1.95. The lowest BCUT2D eigenvalue weighted by molar-refractivity contribution is 0.00304. The maximum absolute atomic E-state index is 10.4. The fourth-order valence-corrected chi connectivity index (χ4v) is 1.39. The number of aliphatic hydroxyl groups excluding tert-OH is 3. The number of hydrogen-bond acceptors (Lipinski definition) is 6. The van der Waals surface area contributed by atoms with E-state index >= 15 is 0 Å². The number of aliphatic hydroxyl groups is 3. The van der Waals surface area contributed by atoms with Crippen LogP contribution in [0.1, 0.15) is 34.1 Å². The van der Waals surface area contributed by atoms with E-state index in [1.165, 1.54) is 13.2 Å². The number of carbonyl (C=O) groups excluding carboxylic acids is 2. The highest BCUT2D eigenvalue weighted by atomic mass is 16.5. The fraction of sp³-hybridized carbons (Fsp3) is 0.467. The second-order valence-corrected chi connectivity index (χ2v) is 4.60. The number of hydrogen-bond donors (Lipinski definition) is 3. The van der Waals surface area contributed by atoms with Gasteiger partial charge in [0.15, 0.2) is 0 Å². The lowest BCUT2D eigenvalue weighted by atomic mass is 9.88. The molecule has 0 amide bonds. The summed E-state index contributed by atoms with van der Waals surface area (Å²) >= 11 is 0. The Morgan fingerprint density at radius 3 is 1.62 bits per heavy atom. The van der Waals surface area contributed by atoms with Crippen LogP contribution in [-0.4, -0.2) is 54.8 Å². The van der Waals surface area contributed by atoms with Gasteiger partial charge in [0.05, 0.1) is 26.9 Å². The largest absolute Gasteiger partial charge is 0.497 e. The third-order valence-corrected chi connectivity index (χ3v) is 3.22. The summed E-state index contributed by atoms with van der Waals surface area (Å²) in [5.41, 5.74) is 0.216. The molecule has 118 valence electrons. The van der Waals surface area contributed by atoms with E-state index in [2.05, 4.69) is 0 Å². The zero-order chi connectivity index (χ0) is 16.3. The van der Waals surface area contributed by atoms with Crippen LogP contribution in [0.25, 0.3) is 0 Å². The van der Waals surface area contributed by atoms with Gasteiger partial charge < -0.3 is 20.1 Å². The van der Waals surface area contributed by atoms with Crippen molar-refractivity contribution in [3.8, 4) is 5.75 Å². The molecule has 6 heteroatoms. The van der Waals surface area contributed by atoms with E-state index in [0.717, 1.165) is 0 Å². The van der Waals surface area contributed by atoms with E-state index in [4.69, 9.17) is 20.1 Å². The van der Waals surface area contributed by atoms with E-state index in [0.29, 0.717) is 35.9 Å². The van der Waals surface area contributed by atoms with Crippen molar-refractivity contribution in [2.24, 2.45) is 5.41 Å². The second-order valence-electron chi connectivity index (χ2n) is 4.60. The Labute approximate surface area is 124 Å². The highest BCUT2D eigenvalue weighted by Crippen LogP contribution is 2.18. The molecule has 0 fully saturated rings. The average Bonchev–Trinajstić information content (AvgIpc) is 2.57. The second kappa shape index (κ2) is 10.0. The predicted octanol–water partition coefficient (Wildman–Crippen LogP) is 0.680. The highest BCUT2D eigenvalue weighted by molar-refractivity contribution is 5.83. The molecule has 0 bridgehead atoms. The topological polar surface area (TPSA) is 104 Å². The van der Waals surface area contributed by atoms with Crippen molar-refractivity contribution in [2.45, 2.75) is 13.3 Å². The zero-order valence-electron chi connectivity index (χ0n) is 12.3. The first-order valence-electron chi connectivity index (χ1n) is 6.46. The zero-order valence-corrected chi connectivity index (χ0v) is 12.3. The van der Waals surface area contributed by atoms with Crippen molar-refractivity contribution < 1.29 is 29.6 Å². The molecule has 3 N–H and O–H groups in total. The van der Waals surface area contributed by atoms with Crippen molar-refractivity contribution in [3.63, 3.8) is 0 Å². The molecule has 6 nitrogen and oxygen atoms in total. The standard InChI is InChI=1S/C9H8O3.C6H14O3/c1-12-9-3-7(5-10)2-8(4-9)6-11;1-2-6(3-7,4-8)5-9/h2-6H,1H3;7-9H,2-5H2,1H3. The molecule has 1 aromatic carbocycles. The minimum absolute atomic E-state index is 0.156. The number of carbonyl (C=O) groups is 2. The molecule has 0 aromatic heterocycles. The Hall–Kier alpha value is -1.76. The van der Waals surface area contributed by atoms with Crippen LogP contribution in [0.2, 0.25) is 0 Å². The molecule has 1 rings (SSSR count). The van der Waals surface area contributed by atoms with E-state index in [1.54, 1.807) is 12.1 Å². The molecule has 21 heavy (non-hydrogen) atoms. The Morgan fingerprint density at radius 2 is 1.43 bits per heavy atom. The molecule has 0 aliphatic carbocycles. The summed E-state index contributed by atoms with van der Waals surface area (Å²) in [6, 6.07) is 4.64. The third kappa shape index (κ3) is 6.03. The summed E-state index contributed by atoms with van der Waals surface area (Å²) in [5.74, 6) is 0.515. The van der Waals surface area contributed by atoms with Gasteiger partial charge in [-0.1, -0.05) is 6.92 Å². The third-order valence-electron chi connectivity index (χ3n) is 3.22. The lowest BCUT2D eigenvalue weighted by Crippen LogP contribution is -2.32. The number of rotatable bonds is 7. The molecule has 0 unspecified atom stereocenters. The number of ether oxygens (including phenoxy) is 1. The van der Waals surface area contributed by atoms with Gasteiger partial charge in [0.1, 0.15) is 18.3 Å². The van der Waals surface area contributed by atoms with Crippen LogP contribution < -0.4 is 4.74 Å². The maximum Gasteiger partial charge on any atom is 0.150 e. The molecular weight excluding hydrogens is 276 g/mol. The van der Waals surface area contributed by atoms with Crippen molar-refractivity contribution in [1.82, 2.24) is 0 Å². The van der Waals surface area contributed by atoms with Gasteiger partial charge in [0.2, 0.25) is 0 Å². The highest BCUT2D eigenvalue weighted by Gasteiger charge is 2.24. The summed E-state index contributed by atoms with van der Waals surface area (Å²) < 4.78 is 4.88. The first-order valence-corrected chi connectivity index (χ1v) is 6.46. The van der Waals surface area contributed by atoms with Gasteiger partial charge in [-0.25, -0.2) is 0 Å². The summed E-state index contributed by atoms with van der Waals surface area (Å²) in [7, 11) is 1.48. The molecule has 0 heterocycles. The van der Waals surface area contributed by atoms with Crippen molar-refractivity contribution in [2.75, 3.05) is 26.9 Å². The first kappa shape index (κ1) is 19.2. The predicted molar refractivity (Wildman–Crippen MR) is 77.8 cm³/mol. The van der Waals surface area contributed by atoms with Gasteiger partial charge in [-0.05, 0) is 24.6 Å². The number of methoxy groups -OCH3 is 1. The Bertz CT molecular complexity index is 396. The lowest BCUT2D eigenvalue weighted by Gasteiger charge is -2.24. The molecule has 1 aromatic rings. The molecule has 0 saturated heterocycles. The molecule has 0 aliphatic heterocycles. The molecule has 0 atom stereocenters. The van der Waals surface area contributed by atoms with E-state index < -0.39 is 5.41 Å². The quantitative estimate of drug-likeness (QED) is 0.639. The molecule has 0 saturated carbocycles.